The van der Waals surface area contributed by atoms with Gasteiger partial charge in [-0.25, -0.2) is 18.6 Å². The molecular formula is C17H25N3O5S. The molecule has 1 aliphatic heterocycles. The van der Waals surface area contributed by atoms with Gasteiger partial charge in [-0.1, -0.05) is 20.8 Å². The van der Waals surface area contributed by atoms with E-state index in [1.165, 1.54) is 28.6 Å². The Morgan fingerprint density at radius 1 is 1.08 bits per heavy atom. The third-order valence-corrected chi connectivity index (χ3v) is 6.63. The van der Waals surface area contributed by atoms with Crippen molar-refractivity contribution in [3.63, 3.8) is 0 Å². The van der Waals surface area contributed by atoms with Crippen molar-refractivity contribution in [3.8, 4) is 0 Å². The van der Waals surface area contributed by atoms with Crippen LogP contribution in [0.15, 0.2) is 29.2 Å². The smallest absolute Gasteiger partial charge is 0.423 e. The second-order valence-electron chi connectivity index (χ2n) is 7.45. The zero-order chi connectivity index (χ0) is 19.5. The standard InChI is InChI=1S/C17H25N3O5S/c1-17(2,3)13-8-10-20(11-9-13)26(24,25)14-6-4-12(5-7-14)15(21)18-19-16(22)23/h4-7,13,19H,8-11H2,1-3H3,(H,18,21)(H,22,23). The van der Waals surface area contributed by atoms with Crippen molar-refractivity contribution < 1.29 is 23.1 Å². The minimum Gasteiger partial charge on any atom is -0.464 e. The van der Waals surface area contributed by atoms with Gasteiger partial charge in [0, 0.05) is 18.7 Å². The highest BCUT2D eigenvalue weighted by Crippen LogP contribution is 2.35. The molecule has 1 aromatic carbocycles. The van der Waals surface area contributed by atoms with Crippen LogP contribution in [0.2, 0.25) is 0 Å². The zero-order valence-electron chi connectivity index (χ0n) is 15.2. The van der Waals surface area contributed by atoms with Crippen LogP contribution in [0.25, 0.3) is 0 Å². The maximum absolute atomic E-state index is 12.8. The van der Waals surface area contributed by atoms with Gasteiger partial charge in [-0.05, 0) is 48.4 Å². The van der Waals surface area contributed by atoms with Crippen molar-refractivity contribution in [2.24, 2.45) is 11.3 Å². The molecule has 1 saturated heterocycles. The predicted octanol–water partition coefficient (Wildman–Crippen LogP) is 2.05. The molecule has 0 aliphatic carbocycles. The first-order chi connectivity index (χ1) is 12.0. The Morgan fingerprint density at radius 3 is 2.08 bits per heavy atom. The number of carboxylic acid groups (broad SMARTS) is 1. The maximum Gasteiger partial charge on any atom is 0.423 e. The summed E-state index contributed by atoms with van der Waals surface area (Å²) in [7, 11) is -3.61. The number of amides is 2. The lowest BCUT2D eigenvalue weighted by atomic mass is 9.76. The van der Waals surface area contributed by atoms with Crippen molar-refractivity contribution in [1.29, 1.82) is 0 Å². The van der Waals surface area contributed by atoms with E-state index in [0.717, 1.165) is 12.8 Å². The van der Waals surface area contributed by atoms with E-state index < -0.39 is 22.0 Å². The lowest BCUT2D eigenvalue weighted by Crippen LogP contribution is -2.41. The molecular weight excluding hydrogens is 358 g/mol. The number of carbonyl (C=O) groups is 2. The van der Waals surface area contributed by atoms with Crippen LogP contribution in [-0.4, -0.2) is 42.9 Å². The second kappa shape index (κ2) is 7.63. The first-order valence-electron chi connectivity index (χ1n) is 8.41. The van der Waals surface area contributed by atoms with Gasteiger partial charge in [-0.3, -0.25) is 10.2 Å². The summed E-state index contributed by atoms with van der Waals surface area (Å²) in [6.07, 6.45) is 0.255. The van der Waals surface area contributed by atoms with Crippen molar-refractivity contribution in [3.05, 3.63) is 29.8 Å². The molecule has 0 atom stereocenters. The van der Waals surface area contributed by atoms with Gasteiger partial charge in [-0.15, -0.1) is 0 Å². The summed E-state index contributed by atoms with van der Waals surface area (Å²) >= 11 is 0. The molecule has 2 rings (SSSR count). The fourth-order valence-corrected chi connectivity index (χ4v) is 4.54. The number of rotatable bonds is 3. The molecule has 0 unspecified atom stereocenters. The van der Waals surface area contributed by atoms with Gasteiger partial charge >= 0.3 is 6.09 Å². The van der Waals surface area contributed by atoms with Gasteiger partial charge in [0.15, 0.2) is 0 Å². The van der Waals surface area contributed by atoms with E-state index in [9.17, 15) is 18.0 Å². The number of benzene rings is 1. The Kier molecular flexibility index (Phi) is 5.92. The number of nitrogens with zero attached hydrogens (tertiary/aromatic N) is 1. The Bertz CT molecular complexity index is 761. The lowest BCUT2D eigenvalue weighted by Gasteiger charge is -2.38. The Hall–Kier alpha value is -2.13. The molecule has 1 aromatic rings. The Balaban J connectivity index is 2.06. The van der Waals surface area contributed by atoms with E-state index >= 15 is 0 Å². The molecule has 0 radical (unpaired) electrons. The SMILES string of the molecule is CC(C)(C)C1CCN(S(=O)(=O)c2ccc(C(=O)NNC(=O)O)cc2)CC1. The largest absolute Gasteiger partial charge is 0.464 e. The Morgan fingerprint density at radius 2 is 1.62 bits per heavy atom. The van der Waals surface area contributed by atoms with Crippen molar-refractivity contribution in [2.45, 2.75) is 38.5 Å². The number of hydrogen-bond donors (Lipinski definition) is 3. The monoisotopic (exact) mass is 383 g/mol. The molecule has 0 spiro atoms. The molecule has 8 nitrogen and oxygen atoms in total. The molecule has 1 heterocycles. The predicted molar refractivity (Wildman–Crippen MR) is 96.0 cm³/mol. The Labute approximate surface area is 153 Å². The van der Waals surface area contributed by atoms with Gasteiger partial charge in [0.2, 0.25) is 10.0 Å². The minimum absolute atomic E-state index is 0.120. The van der Waals surface area contributed by atoms with Crippen LogP contribution >= 0.6 is 0 Å². The average Bonchev–Trinajstić information content (AvgIpc) is 2.59. The van der Waals surface area contributed by atoms with Gasteiger partial charge < -0.3 is 5.11 Å². The molecule has 2 amide bonds. The number of nitrogens with one attached hydrogen (secondary N) is 2. The first kappa shape index (κ1) is 20.2. The van der Waals surface area contributed by atoms with Crippen molar-refractivity contribution in [2.75, 3.05) is 13.1 Å². The van der Waals surface area contributed by atoms with Crippen molar-refractivity contribution in [1.82, 2.24) is 15.2 Å². The summed E-state index contributed by atoms with van der Waals surface area (Å²) < 4.78 is 27.0. The van der Waals surface area contributed by atoms with E-state index in [1.54, 1.807) is 5.43 Å². The number of hydrogen-bond acceptors (Lipinski definition) is 4. The first-order valence-corrected chi connectivity index (χ1v) is 9.85. The van der Waals surface area contributed by atoms with Gasteiger partial charge in [0.25, 0.3) is 5.91 Å². The molecule has 9 heteroatoms. The fourth-order valence-electron chi connectivity index (χ4n) is 3.07. The van der Waals surface area contributed by atoms with E-state index in [2.05, 4.69) is 20.8 Å². The van der Waals surface area contributed by atoms with E-state index in [-0.39, 0.29) is 15.9 Å². The van der Waals surface area contributed by atoms with Crippen LogP contribution < -0.4 is 10.9 Å². The fraction of sp³-hybridized carbons (Fsp3) is 0.529. The quantitative estimate of drug-likeness (QED) is 0.691. The van der Waals surface area contributed by atoms with Crippen LogP contribution in [0.5, 0.6) is 0 Å². The molecule has 1 aliphatic rings. The van der Waals surface area contributed by atoms with Gasteiger partial charge in [-0.2, -0.15) is 4.31 Å². The third kappa shape index (κ3) is 4.73. The topological polar surface area (TPSA) is 116 Å². The molecule has 0 aromatic heterocycles. The van der Waals surface area contributed by atoms with Crippen LogP contribution in [0.1, 0.15) is 44.0 Å². The summed E-state index contributed by atoms with van der Waals surface area (Å²) in [6, 6.07) is 5.43. The van der Waals surface area contributed by atoms with Crippen molar-refractivity contribution >= 4 is 22.0 Å². The second-order valence-corrected chi connectivity index (χ2v) is 9.39. The molecule has 0 saturated carbocycles. The average molecular weight is 383 g/mol. The van der Waals surface area contributed by atoms with E-state index in [4.69, 9.17) is 5.11 Å². The third-order valence-electron chi connectivity index (χ3n) is 4.72. The number of sulfonamides is 1. The molecule has 3 N–H and O–H groups in total. The zero-order valence-corrected chi connectivity index (χ0v) is 16.0. The maximum atomic E-state index is 12.8. The highest BCUT2D eigenvalue weighted by atomic mass is 32.2. The highest BCUT2D eigenvalue weighted by molar-refractivity contribution is 7.89. The summed E-state index contributed by atoms with van der Waals surface area (Å²) in [4.78, 5) is 22.2. The number of piperidine rings is 1. The summed E-state index contributed by atoms with van der Waals surface area (Å²) in [5.74, 6) is -0.177. The molecule has 1 fully saturated rings. The molecule has 144 valence electrons. The number of carbonyl (C=O) groups excluding carboxylic acids is 1. The summed E-state index contributed by atoms with van der Waals surface area (Å²) in [5, 5.41) is 8.46. The highest BCUT2D eigenvalue weighted by Gasteiger charge is 2.33. The van der Waals surface area contributed by atoms with Crippen LogP contribution in [0.4, 0.5) is 4.79 Å². The summed E-state index contributed by atoms with van der Waals surface area (Å²) in [6.45, 7) is 7.48. The van der Waals surface area contributed by atoms with Crippen LogP contribution in [-0.2, 0) is 10.0 Å². The minimum atomic E-state index is -3.61. The summed E-state index contributed by atoms with van der Waals surface area (Å²) in [5.41, 5.74) is 4.06. The van der Waals surface area contributed by atoms with Crippen LogP contribution in [0.3, 0.4) is 0 Å². The van der Waals surface area contributed by atoms with E-state index in [0.29, 0.717) is 19.0 Å². The molecule has 26 heavy (non-hydrogen) atoms. The normalized spacial score (nSPS) is 16.9. The molecule has 0 bridgehead atoms. The van der Waals surface area contributed by atoms with Gasteiger partial charge in [0.1, 0.15) is 0 Å². The lowest BCUT2D eigenvalue weighted by molar-refractivity contribution is 0.0926. The van der Waals surface area contributed by atoms with Crippen LogP contribution in [0, 0.1) is 11.3 Å². The number of hydrazine groups is 1. The van der Waals surface area contributed by atoms with E-state index in [1.807, 2.05) is 5.43 Å². The van der Waals surface area contributed by atoms with Gasteiger partial charge in [0.05, 0.1) is 4.90 Å².